The standard InChI is InChI=1S/C15H24N4O2/c1-4-11-6-5-7-17-12(11)8-18-13(20)9-19-15(21)14(16)10(2)3/h5-7,10,14H,4,8-9,16H2,1-3H3,(H,18,20)(H,19,21)/t14-/m0/s1. The Hall–Kier alpha value is -1.95. The zero-order chi connectivity index (χ0) is 15.8. The van der Waals surface area contributed by atoms with Gasteiger partial charge in [-0.05, 0) is 24.0 Å². The van der Waals surface area contributed by atoms with Crippen LogP contribution in [-0.4, -0.2) is 29.4 Å². The maximum Gasteiger partial charge on any atom is 0.239 e. The second-order valence-corrected chi connectivity index (χ2v) is 5.23. The van der Waals surface area contributed by atoms with Crippen molar-refractivity contribution in [2.24, 2.45) is 11.7 Å². The van der Waals surface area contributed by atoms with Gasteiger partial charge in [-0.3, -0.25) is 14.6 Å². The average molecular weight is 292 g/mol. The summed E-state index contributed by atoms with van der Waals surface area (Å²) in [5.74, 6) is -0.534. The lowest BCUT2D eigenvalue weighted by atomic mass is 10.1. The third kappa shape index (κ3) is 5.51. The molecule has 0 aromatic carbocycles. The van der Waals surface area contributed by atoms with E-state index in [1.54, 1.807) is 6.20 Å². The number of hydrogen-bond donors (Lipinski definition) is 3. The van der Waals surface area contributed by atoms with Crippen molar-refractivity contribution < 1.29 is 9.59 Å². The molecular formula is C15H24N4O2. The Morgan fingerprint density at radius 2 is 2.05 bits per heavy atom. The third-order valence-electron chi connectivity index (χ3n) is 3.26. The van der Waals surface area contributed by atoms with Crippen LogP contribution in [-0.2, 0) is 22.6 Å². The fourth-order valence-electron chi connectivity index (χ4n) is 1.79. The van der Waals surface area contributed by atoms with Crippen LogP contribution in [0.5, 0.6) is 0 Å². The van der Waals surface area contributed by atoms with Gasteiger partial charge in [0.15, 0.2) is 0 Å². The first-order valence-corrected chi connectivity index (χ1v) is 7.18. The predicted octanol–water partition coefficient (Wildman–Crippen LogP) is 0.360. The van der Waals surface area contributed by atoms with Crippen LogP contribution in [0.25, 0.3) is 0 Å². The summed E-state index contributed by atoms with van der Waals surface area (Å²) in [6.45, 7) is 6.04. The van der Waals surface area contributed by atoms with E-state index in [1.165, 1.54) is 0 Å². The Bertz CT molecular complexity index is 488. The lowest BCUT2D eigenvalue weighted by molar-refractivity contribution is -0.127. The molecule has 0 fully saturated rings. The highest BCUT2D eigenvalue weighted by atomic mass is 16.2. The Labute approximate surface area is 125 Å². The molecule has 0 aliphatic rings. The van der Waals surface area contributed by atoms with E-state index in [4.69, 9.17) is 5.73 Å². The van der Waals surface area contributed by atoms with Crippen LogP contribution in [0, 0.1) is 5.92 Å². The highest BCUT2D eigenvalue weighted by molar-refractivity contribution is 5.87. The topological polar surface area (TPSA) is 97.1 Å². The lowest BCUT2D eigenvalue weighted by Gasteiger charge is -2.15. The summed E-state index contributed by atoms with van der Waals surface area (Å²) >= 11 is 0. The van der Waals surface area contributed by atoms with Crippen molar-refractivity contribution in [3.63, 3.8) is 0 Å². The molecule has 1 atom stereocenters. The second kappa shape index (κ2) is 8.36. The predicted molar refractivity (Wildman–Crippen MR) is 81.3 cm³/mol. The SMILES string of the molecule is CCc1cccnc1CNC(=O)CNC(=O)[C@@H](N)C(C)C. The first kappa shape index (κ1) is 17.1. The maximum absolute atomic E-state index is 11.7. The fraction of sp³-hybridized carbons (Fsp3) is 0.533. The highest BCUT2D eigenvalue weighted by Gasteiger charge is 2.17. The molecule has 1 aromatic heterocycles. The zero-order valence-corrected chi connectivity index (χ0v) is 12.8. The number of pyridine rings is 1. The van der Waals surface area contributed by atoms with Gasteiger partial charge in [-0.15, -0.1) is 0 Å². The molecule has 21 heavy (non-hydrogen) atoms. The van der Waals surface area contributed by atoms with Crippen molar-refractivity contribution in [1.29, 1.82) is 0 Å². The van der Waals surface area contributed by atoms with Gasteiger partial charge >= 0.3 is 0 Å². The van der Waals surface area contributed by atoms with Gasteiger partial charge in [-0.1, -0.05) is 26.8 Å². The number of amides is 2. The Balaban J connectivity index is 2.39. The monoisotopic (exact) mass is 292 g/mol. The number of aryl methyl sites for hydroxylation is 1. The van der Waals surface area contributed by atoms with Crippen LogP contribution in [0.2, 0.25) is 0 Å². The van der Waals surface area contributed by atoms with E-state index in [1.807, 2.05) is 32.9 Å². The number of carbonyl (C=O) groups excluding carboxylic acids is 2. The molecule has 6 nitrogen and oxygen atoms in total. The van der Waals surface area contributed by atoms with E-state index in [9.17, 15) is 9.59 Å². The molecule has 0 saturated carbocycles. The summed E-state index contributed by atoms with van der Waals surface area (Å²) in [6, 6.07) is 3.26. The molecule has 0 aliphatic heterocycles. The first-order chi connectivity index (χ1) is 9.95. The van der Waals surface area contributed by atoms with E-state index >= 15 is 0 Å². The molecule has 1 heterocycles. The van der Waals surface area contributed by atoms with Gasteiger partial charge in [0, 0.05) is 6.20 Å². The minimum Gasteiger partial charge on any atom is -0.349 e. The summed E-state index contributed by atoms with van der Waals surface area (Å²) < 4.78 is 0. The molecule has 1 rings (SSSR count). The normalized spacial score (nSPS) is 12.0. The molecule has 0 unspecified atom stereocenters. The summed E-state index contributed by atoms with van der Waals surface area (Å²) in [5.41, 5.74) is 7.64. The van der Waals surface area contributed by atoms with Crippen molar-refractivity contribution in [2.75, 3.05) is 6.54 Å². The zero-order valence-electron chi connectivity index (χ0n) is 12.8. The molecule has 6 heteroatoms. The van der Waals surface area contributed by atoms with Crippen LogP contribution >= 0.6 is 0 Å². The molecule has 0 aliphatic carbocycles. The largest absolute Gasteiger partial charge is 0.349 e. The van der Waals surface area contributed by atoms with Gasteiger partial charge in [0.1, 0.15) is 0 Å². The number of nitrogens with two attached hydrogens (primary N) is 1. The summed E-state index contributed by atoms with van der Waals surface area (Å²) in [7, 11) is 0. The highest BCUT2D eigenvalue weighted by Crippen LogP contribution is 2.05. The van der Waals surface area contributed by atoms with Gasteiger partial charge in [0.25, 0.3) is 0 Å². The third-order valence-corrected chi connectivity index (χ3v) is 3.26. The first-order valence-electron chi connectivity index (χ1n) is 7.18. The van der Waals surface area contributed by atoms with Crippen molar-refractivity contribution in [2.45, 2.75) is 39.8 Å². The molecule has 116 valence electrons. The number of hydrogen-bond acceptors (Lipinski definition) is 4. The van der Waals surface area contributed by atoms with Crippen molar-refractivity contribution in [1.82, 2.24) is 15.6 Å². The number of carbonyl (C=O) groups is 2. The number of aromatic nitrogens is 1. The Morgan fingerprint density at radius 1 is 1.33 bits per heavy atom. The van der Waals surface area contributed by atoms with Crippen molar-refractivity contribution >= 4 is 11.8 Å². The second-order valence-electron chi connectivity index (χ2n) is 5.23. The van der Waals surface area contributed by atoms with Crippen LogP contribution < -0.4 is 16.4 Å². The van der Waals surface area contributed by atoms with E-state index < -0.39 is 6.04 Å². The quantitative estimate of drug-likeness (QED) is 0.676. The van der Waals surface area contributed by atoms with Crippen LogP contribution in [0.15, 0.2) is 18.3 Å². The van der Waals surface area contributed by atoms with Crippen molar-refractivity contribution in [3.8, 4) is 0 Å². The fourth-order valence-corrected chi connectivity index (χ4v) is 1.79. The van der Waals surface area contributed by atoms with Crippen LogP contribution in [0.3, 0.4) is 0 Å². The maximum atomic E-state index is 11.7. The summed E-state index contributed by atoms with van der Waals surface area (Å²) in [5, 5.41) is 5.27. The van der Waals surface area contributed by atoms with Gasteiger partial charge in [0.05, 0.1) is 24.8 Å². The van der Waals surface area contributed by atoms with Gasteiger partial charge in [-0.2, -0.15) is 0 Å². The number of nitrogens with one attached hydrogen (secondary N) is 2. The van der Waals surface area contributed by atoms with Crippen LogP contribution in [0.1, 0.15) is 32.0 Å². The number of nitrogens with zero attached hydrogens (tertiary/aromatic N) is 1. The van der Waals surface area contributed by atoms with E-state index in [0.29, 0.717) is 6.54 Å². The number of rotatable bonds is 7. The minimum absolute atomic E-state index is 0.0358. The van der Waals surface area contributed by atoms with Gasteiger partial charge < -0.3 is 16.4 Å². The van der Waals surface area contributed by atoms with Gasteiger partial charge in [-0.25, -0.2) is 0 Å². The van der Waals surface area contributed by atoms with Crippen molar-refractivity contribution in [3.05, 3.63) is 29.6 Å². The van der Waals surface area contributed by atoms with E-state index in [-0.39, 0.29) is 24.3 Å². The molecular weight excluding hydrogens is 268 g/mol. The molecule has 0 radical (unpaired) electrons. The van der Waals surface area contributed by atoms with Crippen LogP contribution in [0.4, 0.5) is 0 Å². The smallest absolute Gasteiger partial charge is 0.239 e. The molecule has 0 saturated heterocycles. The lowest BCUT2D eigenvalue weighted by Crippen LogP contribution is -2.47. The molecule has 4 N–H and O–H groups in total. The molecule has 0 spiro atoms. The minimum atomic E-state index is -0.597. The molecule has 1 aromatic rings. The Kier molecular flexibility index (Phi) is 6.81. The Morgan fingerprint density at radius 3 is 2.67 bits per heavy atom. The molecule has 0 bridgehead atoms. The summed E-state index contributed by atoms with van der Waals surface area (Å²) in [4.78, 5) is 27.6. The van der Waals surface area contributed by atoms with E-state index in [2.05, 4.69) is 15.6 Å². The van der Waals surface area contributed by atoms with Gasteiger partial charge in [0.2, 0.25) is 11.8 Å². The summed E-state index contributed by atoms with van der Waals surface area (Å²) in [6.07, 6.45) is 2.56. The molecule has 2 amide bonds. The van der Waals surface area contributed by atoms with E-state index in [0.717, 1.165) is 17.7 Å². The average Bonchev–Trinajstić information content (AvgIpc) is 2.49.